The number of carbonyl (C=O) groups excluding carboxylic acids is 1. The van der Waals surface area contributed by atoms with E-state index in [2.05, 4.69) is 30.5 Å². The third kappa shape index (κ3) is 5.54. The molecular weight excluding hydrogens is 208 g/mol. The lowest BCUT2D eigenvalue weighted by Gasteiger charge is -2.07. The number of carbonyl (C=O) groups is 1. The third-order valence-electron chi connectivity index (χ3n) is 1.87. The number of thiophene rings is 1. The van der Waals surface area contributed by atoms with Crippen molar-refractivity contribution < 1.29 is 4.79 Å². The number of rotatable bonds is 6. The molecule has 1 amide bonds. The minimum Gasteiger partial charge on any atom is -0.355 e. The lowest BCUT2D eigenvalue weighted by molar-refractivity contribution is -0.120. The number of amides is 1. The van der Waals surface area contributed by atoms with Gasteiger partial charge in [-0.3, -0.25) is 4.79 Å². The molecule has 0 radical (unpaired) electrons. The van der Waals surface area contributed by atoms with Gasteiger partial charge in [-0.15, -0.1) is 11.3 Å². The smallest absolute Gasteiger partial charge is 0.233 e. The van der Waals surface area contributed by atoms with Crippen LogP contribution in [0.3, 0.4) is 0 Å². The second kappa shape index (κ2) is 6.58. The highest BCUT2D eigenvalue weighted by molar-refractivity contribution is 7.09. The average Bonchev–Trinajstić information content (AvgIpc) is 2.67. The largest absolute Gasteiger partial charge is 0.355 e. The van der Waals surface area contributed by atoms with Crippen molar-refractivity contribution >= 4 is 17.2 Å². The molecule has 0 spiro atoms. The lowest BCUT2D eigenvalue weighted by Crippen LogP contribution is -2.35. The molecule has 0 fully saturated rings. The number of hydrogen-bond donors (Lipinski definition) is 2. The van der Waals surface area contributed by atoms with Gasteiger partial charge in [0.1, 0.15) is 0 Å². The van der Waals surface area contributed by atoms with Gasteiger partial charge in [-0.2, -0.15) is 0 Å². The summed E-state index contributed by atoms with van der Waals surface area (Å²) in [7, 11) is 0. The van der Waals surface area contributed by atoms with Crippen LogP contribution < -0.4 is 10.6 Å². The van der Waals surface area contributed by atoms with Crippen LogP contribution in [0, 0.1) is 5.92 Å². The molecule has 2 N–H and O–H groups in total. The van der Waals surface area contributed by atoms with Crippen LogP contribution in [-0.2, 0) is 11.3 Å². The fourth-order valence-corrected chi connectivity index (χ4v) is 1.77. The summed E-state index contributed by atoms with van der Waals surface area (Å²) in [6.07, 6.45) is 0. The molecule has 0 unspecified atom stereocenters. The van der Waals surface area contributed by atoms with E-state index in [1.807, 2.05) is 11.4 Å². The minimum absolute atomic E-state index is 0.0697. The quantitative estimate of drug-likeness (QED) is 0.774. The monoisotopic (exact) mass is 226 g/mol. The second-order valence-corrected chi connectivity index (χ2v) is 4.91. The van der Waals surface area contributed by atoms with Gasteiger partial charge in [0.05, 0.1) is 6.54 Å². The molecule has 4 heteroatoms. The summed E-state index contributed by atoms with van der Waals surface area (Å²) in [5.41, 5.74) is 0. The van der Waals surface area contributed by atoms with Crippen molar-refractivity contribution in [1.82, 2.24) is 10.6 Å². The van der Waals surface area contributed by atoms with E-state index < -0.39 is 0 Å². The van der Waals surface area contributed by atoms with E-state index in [0.29, 0.717) is 12.5 Å². The van der Waals surface area contributed by atoms with E-state index in [0.717, 1.165) is 13.1 Å². The third-order valence-corrected chi connectivity index (χ3v) is 2.75. The van der Waals surface area contributed by atoms with Crippen molar-refractivity contribution in [2.75, 3.05) is 13.1 Å². The van der Waals surface area contributed by atoms with Crippen LogP contribution in [0.5, 0.6) is 0 Å². The zero-order valence-electron chi connectivity index (χ0n) is 9.25. The standard InChI is InChI=1S/C11H18N2OS/c1-9(2)6-13-11(14)8-12-7-10-4-3-5-15-10/h3-5,9,12H,6-8H2,1-2H3,(H,13,14). The van der Waals surface area contributed by atoms with Crippen molar-refractivity contribution in [1.29, 1.82) is 0 Å². The Kier molecular flexibility index (Phi) is 5.36. The average molecular weight is 226 g/mol. The Morgan fingerprint density at radius 3 is 2.93 bits per heavy atom. The fourth-order valence-electron chi connectivity index (χ4n) is 1.09. The van der Waals surface area contributed by atoms with E-state index in [9.17, 15) is 4.79 Å². The highest BCUT2D eigenvalue weighted by Crippen LogP contribution is 2.06. The van der Waals surface area contributed by atoms with Gasteiger partial charge in [-0.25, -0.2) is 0 Å². The normalized spacial score (nSPS) is 10.6. The second-order valence-electron chi connectivity index (χ2n) is 3.88. The van der Waals surface area contributed by atoms with Crippen LogP contribution in [0.15, 0.2) is 17.5 Å². The molecule has 0 atom stereocenters. The maximum Gasteiger partial charge on any atom is 0.233 e. The maximum absolute atomic E-state index is 11.3. The van der Waals surface area contributed by atoms with E-state index in [-0.39, 0.29) is 5.91 Å². The molecule has 84 valence electrons. The summed E-state index contributed by atoms with van der Waals surface area (Å²) in [4.78, 5) is 12.6. The summed E-state index contributed by atoms with van der Waals surface area (Å²) in [6, 6.07) is 4.07. The SMILES string of the molecule is CC(C)CNC(=O)CNCc1cccs1. The molecule has 0 aliphatic heterocycles. The van der Waals surface area contributed by atoms with Gasteiger partial charge in [0, 0.05) is 18.0 Å². The van der Waals surface area contributed by atoms with Crippen molar-refractivity contribution in [2.45, 2.75) is 20.4 Å². The van der Waals surface area contributed by atoms with Crippen molar-refractivity contribution in [2.24, 2.45) is 5.92 Å². The van der Waals surface area contributed by atoms with Crippen LogP contribution in [0.4, 0.5) is 0 Å². The van der Waals surface area contributed by atoms with Crippen LogP contribution in [0.25, 0.3) is 0 Å². The summed E-state index contributed by atoms with van der Waals surface area (Å²) in [6.45, 7) is 6.08. The lowest BCUT2D eigenvalue weighted by atomic mass is 10.2. The van der Waals surface area contributed by atoms with E-state index in [4.69, 9.17) is 0 Å². The molecule has 0 bridgehead atoms. The first kappa shape index (κ1) is 12.2. The van der Waals surface area contributed by atoms with E-state index in [1.54, 1.807) is 11.3 Å². The molecule has 1 aromatic heterocycles. The minimum atomic E-state index is 0.0697. The first-order chi connectivity index (χ1) is 7.18. The molecule has 0 aliphatic carbocycles. The zero-order valence-corrected chi connectivity index (χ0v) is 10.1. The van der Waals surface area contributed by atoms with Crippen molar-refractivity contribution in [3.05, 3.63) is 22.4 Å². The first-order valence-electron chi connectivity index (χ1n) is 5.18. The molecule has 0 aliphatic rings. The van der Waals surface area contributed by atoms with Gasteiger partial charge in [0.25, 0.3) is 0 Å². The van der Waals surface area contributed by atoms with Crippen LogP contribution in [-0.4, -0.2) is 19.0 Å². The Morgan fingerprint density at radius 1 is 1.53 bits per heavy atom. The molecule has 1 aromatic rings. The predicted molar refractivity (Wildman–Crippen MR) is 63.9 cm³/mol. The Labute approximate surface area is 94.9 Å². The van der Waals surface area contributed by atoms with Gasteiger partial charge in [-0.1, -0.05) is 19.9 Å². The molecule has 0 aromatic carbocycles. The molecule has 3 nitrogen and oxygen atoms in total. The molecule has 1 heterocycles. The van der Waals surface area contributed by atoms with Crippen LogP contribution in [0.1, 0.15) is 18.7 Å². The van der Waals surface area contributed by atoms with Gasteiger partial charge in [0.15, 0.2) is 0 Å². The maximum atomic E-state index is 11.3. The molecule has 1 rings (SSSR count). The highest BCUT2D eigenvalue weighted by Gasteiger charge is 2.01. The molecular formula is C11H18N2OS. The fraction of sp³-hybridized carbons (Fsp3) is 0.545. The highest BCUT2D eigenvalue weighted by atomic mass is 32.1. The Balaban J connectivity index is 2.07. The van der Waals surface area contributed by atoms with Gasteiger partial charge in [0.2, 0.25) is 5.91 Å². The molecule has 15 heavy (non-hydrogen) atoms. The molecule has 0 saturated carbocycles. The summed E-state index contributed by atoms with van der Waals surface area (Å²) in [5, 5.41) is 8.01. The Bertz CT molecular complexity index is 283. The first-order valence-corrected chi connectivity index (χ1v) is 6.06. The zero-order chi connectivity index (χ0) is 11.1. The van der Waals surface area contributed by atoms with E-state index >= 15 is 0 Å². The van der Waals surface area contributed by atoms with Crippen LogP contribution in [0.2, 0.25) is 0 Å². The number of hydrogen-bond acceptors (Lipinski definition) is 3. The summed E-state index contributed by atoms with van der Waals surface area (Å²) in [5.74, 6) is 0.575. The van der Waals surface area contributed by atoms with Gasteiger partial charge < -0.3 is 10.6 Å². The summed E-state index contributed by atoms with van der Waals surface area (Å²) < 4.78 is 0. The van der Waals surface area contributed by atoms with Gasteiger partial charge >= 0.3 is 0 Å². The van der Waals surface area contributed by atoms with Crippen molar-refractivity contribution in [3.8, 4) is 0 Å². The molecule has 0 saturated heterocycles. The van der Waals surface area contributed by atoms with Crippen molar-refractivity contribution in [3.63, 3.8) is 0 Å². The topological polar surface area (TPSA) is 41.1 Å². The van der Waals surface area contributed by atoms with Gasteiger partial charge in [-0.05, 0) is 17.4 Å². The van der Waals surface area contributed by atoms with Crippen LogP contribution >= 0.6 is 11.3 Å². The Hall–Kier alpha value is -0.870. The Morgan fingerprint density at radius 2 is 2.33 bits per heavy atom. The summed E-state index contributed by atoms with van der Waals surface area (Å²) >= 11 is 1.70. The predicted octanol–water partition coefficient (Wildman–Crippen LogP) is 1.61. The number of nitrogens with one attached hydrogen (secondary N) is 2. The van der Waals surface area contributed by atoms with E-state index in [1.165, 1.54) is 4.88 Å².